The lowest BCUT2D eigenvalue weighted by Crippen LogP contribution is -2.17. The van der Waals surface area contributed by atoms with Crippen molar-refractivity contribution in [2.75, 3.05) is 6.61 Å². The summed E-state index contributed by atoms with van der Waals surface area (Å²) in [6, 6.07) is 0. The molecule has 4 nitrogen and oxygen atoms in total. The standard InChI is InChI=1S/C7H10O4/c1-4-3-11-7(10)5(4)2-6(8)9/h4-5H,2-3H2,1H3,(H,8,9). The molecule has 1 rings (SSSR count). The molecule has 0 aromatic heterocycles. The normalized spacial score (nSPS) is 30.1. The van der Waals surface area contributed by atoms with Crippen LogP contribution in [0.1, 0.15) is 13.3 Å². The van der Waals surface area contributed by atoms with Gasteiger partial charge >= 0.3 is 11.9 Å². The summed E-state index contributed by atoms with van der Waals surface area (Å²) in [5.41, 5.74) is 0. The molecule has 0 aromatic rings. The van der Waals surface area contributed by atoms with Gasteiger partial charge in [-0.2, -0.15) is 0 Å². The summed E-state index contributed by atoms with van der Waals surface area (Å²) >= 11 is 0. The molecule has 0 bridgehead atoms. The van der Waals surface area contributed by atoms with Gasteiger partial charge in [0.1, 0.15) is 0 Å². The summed E-state index contributed by atoms with van der Waals surface area (Å²) in [6.07, 6.45) is -0.111. The van der Waals surface area contributed by atoms with Gasteiger partial charge in [-0.05, 0) is 0 Å². The van der Waals surface area contributed by atoms with E-state index in [0.717, 1.165) is 0 Å². The quantitative estimate of drug-likeness (QED) is 0.586. The molecule has 62 valence electrons. The lowest BCUT2D eigenvalue weighted by Gasteiger charge is -2.05. The number of carbonyl (C=O) groups excluding carboxylic acids is 1. The minimum Gasteiger partial charge on any atom is -0.481 e. The van der Waals surface area contributed by atoms with Crippen molar-refractivity contribution in [3.8, 4) is 0 Å². The van der Waals surface area contributed by atoms with Gasteiger partial charge in [0, 0.05) is 5.92 Å². The summed E-state index contributed by atoms with van der Waals surface area (Å²) in [6.45, 7) is 2.18. The van der Waals surface area contributed by atoms with Crippen LogP contribution in [0, 0.1) is 11.8 Å². The Labute approximate surface area is 64.2 Å². The molecule has 4 heteroatoms. The lowest BCUT2D eigenvalue weighted by molar-refractivity contribution is -0.146. The Morgan fingerprint density at radius 3 is 2.82 bits per heavy atom. The third-order valence-electron chi connectivity index (χ3n) is 1.87. The van der Waals surface area contributed by atoms with E-state index in [1.54, 1.807) is 0 Å². The van der Waals surface area contributed by atoms with Crippen LogP contribution in [0.4, 0.5) is 0 Å². The van der Waals surface area contributed by atoms with E-state index in [-0.39, 0.29) is 18.3 Å². The Kier molecular flexibility index (Phi) is 2.12. The smallest absolute Gasteiger partial charge is 0.309 e. The van der Waals surface area contributed by atoms with Crippen molar-refractivity contribution in [1.29, 1.82) is 0 Å². The fourth-order valence-electron chi connectivity index (χ4n) is 1.14. The summed E-state index contributed by atoms with van der Waals surface area (Å²) in [5, 5.41) is 8.40. The van der Waals surface area contributed by atoms with Crippen molar-refractivity contribution in [3.63, 3.8) is 0 Å². The number of carboxylic acids is 1. The molecule has 0 aromatic carbocycles. The van der Waals surface area contributed by atoms with E-state index >= 15 is 0 Å². The van der Waals surface area contributed by atoms with Crippen LogP contribution in [0.25, 0.3) is 0 Å². The van der Waals surface area contributed by atoms with Gasteiger partial charge in [-0.3, -0.25) is 9.59 Å². The Hall–Kier alpha value is -1.06. The molecule has 0 saturated carbocycles. The lowest BCUT2D eigenvalue weighted by atomic mass is 9.94. The minimum atomic E-state index is -0.944. The molecule has 1 aliphatic rings. The van der Waals surface area contributed by atoms with Crippen molar-refractivity contribution in [1.82, 2.24) is 0 Å². The number of cyclic esters (lactones) is 1. The van der Waals surface area contributed by atoms with E-state index in [2.05, 4.69) is 4.74 Å². The average molecular weight is 158 g/mol. The largest absolute Gasteiger partial charge is 0.481 e. The van der Waals surface area contributed by atoms with Gasteiger partial charge < -0.3 is 9.84 Å². The number of hydrogen-bond donors (Lipinski definition) is 1. The Morgan fingerprint density at radius 1 is 1.82 bits per heavy atom. The second-order valence-electron chi connectivity index (χ2n) is 2.81. The minimum absolute atomic E-state index is 0.0404. The Morgan fingerprint density at radius 2 is 2.45 bits per heavy atom. The number of carbonyl (C=O) groups is 2. The Bertz CT molecular complexity index is 187. The van der Waals surface area contributed by atoms with Crippen LogP contribution in [0.5, 0.6) is 0 Å². The molecule has 0 radical (unpaired) electrons. The highest BCUT2D eigenvalue weighted by Gasteiger charge is 2.35. The maximum Gasteiger partial charge on any atom is 0.309 e. The summed E-state index contributed by atoms with van der Waals surface area (Å²) in [7, 11) is 0. The molecule has 11 heavy (non-hydrogen) atoms. The summed E-state index contributed by atoms with van der Waals surface area (Å²) in [4.78, 5) is 21.1. The van der Waals surface area contributed by atoms with E-state index in [1.807, 2.05) is 6.92 Å². The van der Waals surface area contributed by atoms with Crippen LogP contribution in [0.3, 0.4) is 0 Å². The maximum absolute atomic E-state index is 10.8. The average Bonchev–Trinajstić information content (AvgIpc) is 2.18. The number of rotatable bonds is 2. The zero-order valence-electron chi connectivity index (χ0n) is 6.24. The van der Waals surface area contributed by atoms with Crippen LogP contribution < -0.4 is 0 Å². The first-order valence-corrected chi connectivity index (χ1v) is 3.49. The molecular formula is C7H10O4. The number of hydrogen-bond acceptors (Lipinski definition) is 3. The van der Waals surface area contributed by atoms with Crippen molar-refractivity contribution in [2.24, 2.45) is 11.8 Å². The molecule has 1 aliphatic heterocycles. The highest BCUT2D eigenvalue weighted by molar-refractivity contribution is 5.80. The third-order valence-corrected chi connectivity index (χ3v) is 1.87. The monoisotopic (exact) mass is 158 g/mol. The molecule has 1 heterocycles. The Balaban J connectivity index is 2.54. The van der Waals surface area contributed by atoms with E-state index in [9.17, 15) is 9.59 Å². The van der Waals surface area contributed by atoms with Gasteiger partial charge in [0.2, 0.25) is 0 Å². The first-order chi connectivity index (χ1) is 5.11. The molecule has 1 fully saturated rings. The van der Waals surface area contributed by atoms with Crippen LogP contribution >= 0.6 is 0 Å². The van der Waals surface area contributed by atoms with Gasteiger partial charge in [0.15, 0.2) is 0 Å². The second-order valence-corrected chi connectivity index (χ2v) is 2.81. The van der Waals surface area contributed by atoms with Gasteiger partial charge in [0.25, 0.3) is 0 Å². The number of esters is 1. The van der Waals surface area contributed by atoms with Crippen molar-refractivity contribution in [2.45, 2.75) is 13.3 Å². The van der Waals surface area contributed by atoms with E-state index in [1.165, 1.54) is 0 Å². The molecule has 0 aliphatic carbocycles. The van der Waals surface area contributed by atoms with E-state index < -0.39 is 11.9 Å². The van der Waals surface area contributed by atoms with E-state index in [4.69, 9.17) is 5.11 Å². The van der Waals surface area contributed by atoms with E-state index in [0.29, 0.717) is 6.61 Å². The molecule has 0 spiro atoms. The summed E-state index contributed by atoms with van der Waals surface area (Å²) in [5.74, 6) is -1.72. The highest BCUT2D eigenvalue weighted by Crippen LogP contribution is 2.24. The zero-order chi connectivity index (χ0) is 8.43. The summed E-state index contributed by atoms with van der Waals surface area (Å²) < 4.78 is 4.68. The molecular weight excluding hydrogens is 148 g/mol. The predicted octanol–water partition coefficient (Wildman–Crippen LogP) is 0.270. The van der Waals surface area contributed by atoms with Crippen molar-refractivity contribution >= 4 is 11.9 Å². The van der Waals surface area contributed by atoms with Gasteiger partial charge in [-0.15, -0.1) is 0 Å². The van der Waals surface area contributed by atoms with Crippen LogP contribution in [0.2, 0.25) is 0 Å². The van der Waals surface area contributed by atoms with Crippen molar-refractivity contribution < 1.29 is 19.4 Å². The molecule has 1 saturated heterocycles. The first kappa shape index (κ1) is 8.04. The molecule has 0 amide bonds. The number of carboxylic acid groups (broad SMARTS) is 1. The topological polar surface area (TPSA) is 63.6 Å². The number of ether oxygens (including phenoxy) is 1. The van der Waals surface area contributed by atoms with Gasteiger partial charge in [0.05, 0.1) is 18.9 Å². The van der Waals surface area contributed by atoms with Crippen LogP contribution in [-0.4, -0.2) is 23.7 Å². The van der Waals surface area contributed by atoms with Gasteiger partial charge in [-0.1, -0.05) is 6.92 Å². The number of aliphatic carboxylic acids is 1. The SMILES string of the molecule is CC1COC(=O)C1CC(=O)O. The fourth-order valence-corrected chi connectivity index (χ4v) is 1.14. The maximum atomic E-state index is 10.8. The molecule has 2 unspecified atom stereocenters. The second kappa shape index (κ2) is 2.90. The predicted molar refractivity (Wildman–Crippen MR) is 35.9 cm³/mol. The van der Waals surface area contributed by atoms with Crippen molar-refractivity contribution in [3.05, 3.63) is 0 Å². The van der Waals surface area contributed by atoms with Crippen LogP contribution in [0.15, 0.2) is 0 Å². The third kappa shape index (κ3) is 1.69. The molecule has 1 N–H and O–H groups in total. The van der Waals surface area contributed by atoms with Gasteiger partial charge in [-0.25, -0.2) is 0 Å². The molecule has 2 atom stereocenters. The highest BCUT2D eigenvalue weighted by atomic mass is 16.5. The fraction of sp³-hybridized carbons (Fsp3) is 0.714. The first-order valence-electron chi connectivity index (χ1n) is 3.49. The zero-order valence-corrected chi connectivity index (χ0v) is 6.24. The van der Waals surface area contributed by atoms with Crippen LogP contribution in [-0.2, 0) is 14.3 Å².